The second-order valence-electron chi connectivity index (χ2n) is 6.04. The van der Waals surface area contributed by atoms with E-state index in [1.807, 2.05) is 38.1 Å². The van der Waals surface area contributed by atoms with Gasteiger partial charge in [0.1, 0.15) is 23.7 Å². The minimum atomic E-state index is -0.477. The average molecular weight is 317 g/mol. The van der Waals surface area contributed by atoms with Crippen LogP contribution < -0.4 is 9.47 Å². The number of ketones is 1. The van der Waals surface area contributed by atoms with E-state index in [1.54, 1.807) is 18.2 Å². The maximum atomic E-state index is 12.1. The minimum Gasteiger partial charge on any atom is -0.489 e. The van der Waals surface area contributed by atoms with Crippen molar-refractivity contribution in [2.75, 3.05) is 0 Å². The van der Waals surface area contributed by atoms with Gasteiger partial charge in [0.25, 0.3) is 0 Å². The SMILES string of the molecule is CC1(C)CC(=O)c2ccc(OCc3cccc(Cl)c3)cc2O1. The number of benzene rings is 2. The number of carbonyl (C=O) groups excluding carboxylic acids is 1. The lowest BCUT2D eigenvalue weighted by Crippen LogP contribution is -2.35. The molecule has 1 aliphatic heterocycles. The summed E-state index contributed by atoms with van der Waals surface area (Å²) in [4.78, 5) is 12.1. The Balaban J connectivity index is 1.78. The summed E-state index contributed by atoms with van der Waals surface area (Å²) in [5, 5.41) is 0.683. The number of rotatable bonds is 3. The lowest BCUT2D eigenvalue weighted by molar-refractivity contribution is 0.0618. The highest BCUT2D eigenvalue weighted by Crippen LogP contribution is 2.35. The molecular weight excluding hydrogens is 300 g/mol. The molecule has 1 heterocycles. The van der Waals surface area contributed by atoms with Gasteiger partial charge in [-0.05, 0) is 43.7 Å². The molecule has 0 atom stereocenters. The normalized spacial score (nSPS) is 15.9. The van der Waals surface area contributed by atoms with Gasteiger partial charge in [-0.25, -0.2) is 0 Å². The number of Topliss-reactive ketones (excluding diaryl/α,β-unsaturated/α-hetero) is 1. The van der Waals surface area contributed by atoms with Crippen LogP contribution in [-0.4, -0.2) is 11.4 Å². The van der Waals surface area contributed by atoms with E-state index in [4.69, 9.17) is 21.1 Å². The molecule has 0 saturated carbocycles. The second kappa shape index (κ2) is 5.65. The zero-order chi connectivity index (χ0) is 15.7. The minimum absolute atomic E-state index is 0.104. The molecule has 22 heavy (non-hydrogen) atoms. The molecule has 0 N–H and O–H groups in total. The Morgan fingerprint density at radius 1 is 1.23 bits per heavy atom. The number of fused-ring (bicyclic) bond motifs is 1. The first-order chi connectivity index (χ1) is 10.4. The van der Waals surface area contributed by atoms with E-state index in [-0.39, 0.29) is 5.78 Å². The number of hydrogen-bond donors (Lipinski definition) is 0. The summed E-state index contributed by atoms with van der Waals surface area (Å²) in [6.45, 7) is 4.23. The first-order valence-electron chi connectivity index (χ1n) is 7.16. The summed E-state index contributed by atoms with van der Waals surface area (Å²) in [5.41, 5.74) is 1.13. The van der Waals surface area contributed by atoms with Crippen molar-refractivity contribution in [1.82, 2.24) is 0 Å². The molecule has 0 amide bonds. The van der Waals surface area contributed by atoms with E-state index >= 15 is 0 Å². The molecule has 114 valence electrons. The van der Waals surface area contributed by atoms with Gasteiger partial charge in [0, 0.05) is 11.1 Å². The summed E-state index contributed by atoms with van der Waals surface area (Å²) in [6, 6.07) is 12.9. The number of carbonyl (C=O) groups is 1. The summed E-state index contributed by atoms with van der Waals surface area (Å²) >= 11 is 5.96. The summed E-state index contributed by atoms with van der Waals surface area (Å²) in [6.07, 6.45) is 0.392. The van der Waals surface area contributed by atoms with Gasteiger partial charge in [-0.15, -0.1) is 0 Å². The zero-order valence-electron chi connectivity index (χ0n) is 12.6. The fourth-order valence-electron chi connectivity index (χ4n) is 2.52. The van der Waals surface area contributed by atoms with Crippen molar-refractivity contribution in [3.8, 4) is 11.5 Å². The number of ether oxygens (including phenoxy) is 2. The van der Waals surface area contributed by atoms with Gasteiger partial charge in [-0.1, -0.05) is 23.7 Å². The van der Waals surface area contributed by atoms with Crippen LogP contribution in [0.1, 0.15) is 36.2 Å². The third-order valence-electron chi connectivity index (χ3n) is 3.52. The molecular formula is C18H17ClO3. The van der Waals surface area contributed by atoms with Gasteiger partial charge in [0.05, 0.1) is 12.0 Å². The van der Waals surface area contributed by atoms with Crippen LogP contribution in [0, 0.1) is 0 Å². The van der Waals surface area contributed by atoms with Crippen molar-refractivity contribution in [3.05, 3.63) is 58.6 Å². The van der Waals surface area contributed by atoms with Crippen molar-refractivity contribution < 1.29 is 14.3 Å². The summed E-state index contributed by atoms with van der Waals surface area (Å²) in [5.74, 6) is 1.36. The van der Waals surface area contributed by atoms with Gasteiger partial charge in [-0.3, -0.25) is 4.79 Å². The molecule has 0 saturated heterocycles. The topological polar surface area (TPSA) is 35.5 Å². The van der Waals surface area contributed by atoms with Crippen LogP contribution >= 0.6 is 11.6 Å². The molecule has 0 bridgehead atoms. The lowest BCUT2D eigenvalue weighted by Gasteiger charge is -2.31. The number of halogens is 1. The molecule has 1 aliphatic rings. The van der Waals surface area contributed by atoms with Crippen LogP contribution in [-0.2, 0) is 6.61 Å². The van der Waals surface area contributed by atoms with E-state index in [0.29, 0.717) is 35.1 Å². The zero-order valence-corrected chi connectivity index (χ0v) is 13.3. The van der Waals surface area contributed by atoms with E-state index in [9.17, 15) is 4.79 Å². The average Bonchev–Trinajstić information content (AvgIpc) is 2.43. The van der Waals surface area contributed by atoms with Crippen molar-refractivity contribution in [2.24, 2.45) is 0 Å². The number of hydrogen-bond acceptors (Lipinski definition) is 3. The van der Waals surface area contributed by atoms with Crippen LogP contribution in [0.3, 0.4) is 0 Å². The Hall–Kier alpha value is -2.00. The van der Waals surface area contributed by atoms with Crippen LogP contribution in [0.2, 0.25) is 5.02 Å². The lowest BCUT2D eigenvalue weighted by atomic mass is 9.93. The van der Waals surface area contributed by atoms with Crippen molar-refractivity contribution in [2.45, 2.75) is 32.5 Å². The van der Waals surface area contributed by atoms with Crippen molar-refractivity contribution >= 4 is 17.4 Å². The third-order valence-corrected chi connectivity index (χ3v) is 3.76. The third kappa shape index (κ3) is 3.25. The Bertz CT molecular complexity index is 722. The summed E-state index contributed by atoms with van der Waals surface area (Å²) < 4.78 is 11.6. The van der Waals surface area contributed by atoms with Gasteiger partial charge >= 0.3 is 0 Å². The molecule has 0 spiro atoms. The quantitative estimate of drug-likeness (QED) is 0.826. The molecule has 2 aromatic carbocycles. The fraction of sp³-hybridized carbons (Fsp3) is 0.278. The molecule has 0 aliphatic carbocycles. The molecule has 2 aromatic rings. The van der Waals surface area contributed by atoms with Crippen molar-refractivity contribution in [1.29, 1.82) is 0 Å². The van der Waals surface area contributed by atoms with Gasteiger partial charge in [-0.2, -0.15) is 0 Å². The predicted molar refractivity (Wildman–Crippen MR) is 85.9 cm³/mol. The van der Waals surface area contributed by atoms with Gasteiger partial charge in [0.2, 0.25) is 0 Å². The van der Waals surface area contributed by atoms with E-state index < -0.39 is 5.60 Å². The van der Waals surface area contributed by atoms with Crippen LogP contribution in [0.15, 0.2) is 42.5 Å². The molecule has 3 nitrogen and oxygen atoms in total. The Morgan fingerprint density at radius 3 is 2.82 bits per heavy atom. The first kappa shape index (κ1) is 14.9. The fourth-order valence-corrected chi connectivity index (χ4v) is 2.73. The summed E-state index contributed by atoms with van der Waals surface area (Å²) in [7, 11) is 0. The maximum absolute atomic E-state index is 12.1. The van der Waals surface area contributed by atoms with E-state index in [2.05, 4.69) is 0 Å². The smallest absolute Gasteiger partial charge is 0.170 e. The largest absolute Gasteiger partial charge is 0.489 e. The predicted octanol–water partition coefficient (Wildman–Crippen LogP) is 4.66. The van der Waals surface area contributed by atoms with Crippen LogP contribution in [0.25, 0.3) is 0 Å². The highest BCUT2D eigenvalue weighted by Gasteiger charge is 2.32. The molecule has 0 unspecified atom stereocenters. The second-order valence-corrected chi connectivity index (χ2v) is 6.47. The molecule has 0 aromatic heterocycles. The maximum Gasteiger partial charge on any atom is 0.170 e. The van der Waals surface area contributed by atoms with Crippen molar-refractivity contribution in [3.63, 3.8) is 0 Å². The molecule has 4 heteroatoms. The Morgan fingerprint density at radius 2 is 2.05 bits per heavy atom. The highest BCUT2D eigenvalue weighted by atomic mass is 35.5. The standard InChI is InChI=1S/C18H17ClO3/c1-18(2)10-16(20)15-7-6-14(9-17(15)22-18)21-11-12-4-3-5-13(19)8-12/h3-9H,10-11H2,1-2H3. The van der Waals surface area contributed by atoms with Gasteiger partial charge < -0.3 is 9.47 Å². The Kier molecular flexibility index (Phi) is 3.83. The molecule has 0 fully saturated rings. The van der Waals surface area contributed by atoms with Gasteiger partial charge in [0.15, 0.2) is 5.78 Å². The van der Waals surface area contributed by atoms with Crippen LogP contribution in [0.5, 0.6) is 11.5 Å². The Labute approximate surface area is 134 Å². The van der Waals surface area contributed by atoms with E-state index in [0.717, 1.165) is 5.56 Å². The first-order valence-corrected chi connectivity index (χ1v) is 7.54. The monoisotopic (exact) mass is 316 g/mol. The van der Waals surface area contributed by atoms with Crippen LogP contribution in [0.4, 0.5) is 0 Å². The molecule has 0 radical (unpaired) electrons. The van der Waals surface area contributed by atoms with E-state index in [1.165, 1.54) is 0 Å². The highest BCUT2D eigenvalue weighted by molar-refractivity contribution is 6.30. The molecule has 3 rings (SSSR count).